The lowest BCUT2D eigenvalue weighted by molar-refractivity contribution is -0.115. The maximum absolute atomic E-state index is 13.7. The van der Waals surface area contributed by atoms with Gasteiger partial charge in [-0.15, -0.1) is 0 Å². The quantitative estimate of drug-likeness (QED) is 0.447. The summed E-state index contributed by atoms with van der Waals surface area (Å²) >= 11 is 6.44. The summed E-state index contributed by atoms with van der Waals surface area (Å²) in [5.41, 5.74) is 6.92. The van der Waals surface area contributed by atoms with Gasteiger partial charge in [0.25, 0.3) is 0 Å². The van der Waals surface area contributed by atoms with Crippen molar-refractivity contribution in [3.8, 4) is 0 Å². The maximum Gasteiger partial charge on any atom is 0.187 e. The molecule has 0 aromatic heterocycles. The van der Waals surface area contributed by atoms with E-state index in [4.69, 9.17) is 11.6 Å². The monoisotopic (exact) mass is 450 g/mol. The van der Waals surface area contributed by atoms with Crippen LogP contribution in [0.2, 0.25) is 5.02 Å². The molecule has 0 saturated heterocycles. The van der Waals surface area contributed by atoms with E-state index in [0.717, 1.165) is 33.4 Å². The summed E-state index contributed by atoms with van der Waals surface area (Å²) in [5.74, 6) is -1.13. The number of hydrogen-bond donors (Lipinski definition) is 0. The molecule has 3 aliphatic rings. The maximum atomic E-state index is 13.7. The van der Waals surface area contributed by atoms with Crippen LogP contribution in [0, 0.1) is 5.82 Å². The molecule has 0 spiro atoms. The molecule has 33 heavy (non-hydrogen) atoms. The van der Waals surface area contributed by atoms with Gasteiger partial charge in [0.2, 0.25) is 0 Å². The zero-order chi connectivity index (χ0) is 22.7. The first-order valence-corrected chi connectivity index (χ1v) is 11.0. The fourth-order valence-electron chi connectivity index (χ4n) is 5.09. The summed E-state index contributed by atoms with van der Waals surface area (Å²) < 4.78 is 13.7. The molecular formula is C29H16ClFO2. The second kappa shape index (κ2) is 7.36. The van der Waals surface area contributed by atoms with Crippen LogP contribution >= 0.6 is 11.6 Å². The number of ketones is 2. The van der Waals surface area contributed by atoms with Crippen LogP contribution in [0.1, 0.15) is 28.2 Å². The van der Waals surface area contributed by atoms with E-state index in [1.54, 1.807) is 12.1 Å². The summed E-state index contributed by atoms with van der Waals surface area (Å²) in [6.07, 6.45) is 4.68. The van der Waals surface area contributed by atoms with Crippen LogP contribution in [0.4, 0.5) is 4.39 Å². The molecule has 0 bridgehead atoms. The number of fused-ring (bicyclic) bond motifs is 4. The Kier molecular flexibility index (Phi) is 4.42. The molecule has 3 aromatic carbocycles. The SMILES string of the molecule is O=C1C=CC(=O)C2=C(c3ccc(F)cc3)C3C(=C12)C=C(c1ccccc1)c1ccc(Cl)cc13. The highest BCUT2D eigenvalue weighted by molar-refractivity contribution is 6.32. The molecule has 0 radical (unpaired) electrons. The van der Waals surface area contributed by atoms with Gasteiger partial charge in [0, 0.05) is 22.1 Å². The van der Waals surface area contributed by atoms with Crippen molar-refractivity contribution in [1.29, 1.82) is 0 Å². The summed E-state index contributed by atoms with van der Waals surface area (Å²) in [6.45, 7) is 0. The molecule has 0 aliphatic heterocycles. The minimum absolute atomic E-state index is 0.198. The number of carbonyl (C=O) groups excluding carboxylic acids is 2. The van der Waals surface area contributed by atoms with E-state index in [0.29, 0.717) is 21.7 Å². The van der Waals surface area contributed by atoms with Gasteiger partial charge in [-0.3, -0.25) is 9.59 Å². The van der Waals surface area contributed by atoms with Gasteiger partial charge in [0.15, 0.2) is 11.6 Å². The summed E-state index contributed by atoms with van der Waals surface area (Å²) in [5, 5.41) is 0.571. The Morgan fingerprint density at radius 1 is 0.758 bits per heavy atom. The predicted octanol–water partition coefficient (Wildman–Crippen LogP) is 6.48. The standard InChI is InChI=1S/C29H16ClFO2/c30-18-8-11-20-21(16-4-2-1-3-5-16)15-23-27(22(20)14-18)26(17-6-9-19(31)10-7-17)29-25(33)13-12-24(32)28(23)29/h1-15,27H. The van der Waals surface area contributed by atoms with Crippen LogP contribution in [0.15, 0.2) is 108 Å². The third kappa shape index (κ3) is 3.00. The molecule has 0 fully saturated rings. The lowest BCUT2D eigenvalue weighted by atomic mass is 9.75. The van der Waals surface area contributed by atoms with Gasteiger partial charge in [-0.2, -0.15) is 0 Å². The van der Waals surface area contributed by atoms with E-state index in [1.807, 2.05) is 54.6 Å². The zero-order valence-electron chi connectivity index (χ0n) is 17.3. The van der Waals surface area contributed by atoms with Crippen molar-refractivity contribution < 1.29 is 14.0 Å². The van der Waals surface area contributed by atoms with Crippen LogP contribution in [0.25, 0.3) is 11.1 Å². The fourth-order valence-corrected chi connectivity index (χ4v) is 5.27. The lowest BCUT2D eigenvalue weighted by Crippen LogP contribution is -2.14. The van der Waals surface area contributed by atoms with E-state index in [1.165, 1.54) is 24.3 Å². The van der Waals surface area contributed by atoms with Crippen molar-refractivity contribution in [3.05, 3.63) is 141 Å². The van der Waals surface area contributed by atoms with Crippen molar-refractivity contribution in [2.45, 2.75) is 5.92 Å². The number of halogens is 2. The van der Waals surface area contributed by atoms with E-state index in [9.17, 15) is 14.0 Å². The van der Waals surface area contributed by atoms with Gasteiger partial charge >= 0.3 is 0 Å². The first-order valence-electron chi connectivity index (χ1n) is 10.6. The second-order valence-corrected chi connectivity index (χ2v) is 8.71. The molecule has 3 aliphatic carbocycles. The van der Waals surface area contributed by atoms with E-state index >= 15 is 0 Å². The highest BCUT2D eigenvalue weighted by Gasteiger charge is 2.43. The van der Waals surface area contributed by atoms with E-state index in [2.05, 4.69) is 0 Å². The molecule has 4 heteroatoms. The molecular weight excluding hydrogens is 435 g/mol. The summed E-state index contributed by atoms with van der Waals surface area (Å²) in [7, 11) is 0. The van der Waals surface area contributed by atoms with Crippen LogP contribution in [-0.4, -0.2) is 11.6 Å². The molecule has 3 aromatic rings. The minimum Gasteiger partial charge on any atom is -0.289 e. The Morgan fingerprint density at radius 3 is 2.18 bits per heavy atom. The Morgan fingerprint density at radius 2 is 1.45 bits per heavy atom. The van der Waals surface area contributed by atoms with Crippen LogP contribution in [0.3, 0.4) is 0 Å². The minimum atomic E-state index is -0.361. The van der Waals surface area contributed by atoms with Crippen molar-refractivity contribution in [2.24, 2.45) is 0 Å². The molecule has 1 atom stereocenters. The number of hydrogen-bond acceptors (Lipinski definition) is 2. The first-order chi connectivity index (χ1) is 16.0. The Bertz CT molecular complexity index is 1490. The lowest BCUT2D eigenvalue weighted by Gasteiger charge is -2.28. The van der Waals surface area contributed by atoms with Crippen molar-refractivity contribution >= 4 is 34.3 Å². The number of rotatable bonds is 2. The van der Waals surface area contributed by atoms with E-state index < -0.39 is 0 Å². The van der Waals surface area contributed by atoms with Gasteiger partial charge in [0.1, 0.15) is 5.82 Å². The molecule has 2 nitrogen and oxygen atoms in total. The molecule has 158 valence electrons. The largest absolute Gasteiger partial charge is 0.289 e. The summed E-state index contributed by atoms with van der Waals surface area (Å²) in [6, 6.07) is 21.7. The van der Waals surface area contributed by atoms with Gasteiger partial charge in [-0.1, -0.05) is 60.1 Å². The van der Waals surface area contributed by atoms with Crippen LogP contribution in [-0.2, 0) is 9.59 Å². The van der Waals surface area contributed by atoms with Crippen molar-refractivity contribution in [1.82, 2.24) is 0 Å². The van der Waals surface area contributed by atoms with Crippen LogP contribution in [0.5, 0.6) is 0 Å². The van der Waals surface area contributed by atoms with Crippen molar-refractivity contribution in [3.63, 3.8) is 0 Å². The normalized spacial score (nSPS) is 18.8. The Hall–Kier alpha value is -3.82. The van der Waals surface area contributed by atoms with Gasteiger partial charge in [0.05, 0.1) is 0 Å². The molecule has 1 unspecified atom stereocenters. The first kappa shape index (κ1) is 19.8. The highest BCUT2D eigenvalue weighted by Crippen LogP contribution is 2.55. The highest BCUT2D eigenvalue weighted by atomic mass is 35.5. The average Bonchev–Trinajstić information content (AvgIpc) is 3.18. The Labute approximate surface area is 195 Å². The topological polar surface area (TPSA) is 34.1 Å². The number of allylic oxidation sites excluding steroid dienone is 7. The van der Waals surface area contributed by atoms with Crippen molar-refractivity contribution in [2.75, 3.05) is 0 Å². The third-order valence-electron chi connectivity index (χ3n) is 6.44. The molecule has 0 saturated carbocycles. The molecule has 6 rings (SSSR count). The summed E-state index contributed by atoms with van der Waals surface area (Å²) in [4.78, 5) is 26.2. The number of benzene rings is 3. The molecule has 0 heterocycles. The second-order valence-electron chi connectivity index (χ2n) is 8.28. The Balaban J connectivity index is 1.70. The predicted molar refractivity (Wildman–Crippen MR) is 127 cm³/mol. The van der Waals surface area contributed by atoms with Crippen LogP contribution < -0.4 is 0 Å². The van der Waals surface area contributed by atoms with Gasteiger partial charge in [-0.05, 0) is 81.5 Å². The molecule has 0 amide bonds. The smallest absolute Gasteiger partial charge is 0.187 e. The number of carbonyl (C=O) groups is 2. The van der Waals surface area contributed by atoms with E-state index in [-0.39, 0.29) is 23.3 Å². The van der Waals surface area contributed by atoms with Gasteiger partial charge < -0.3 is 0 Å². The third-order valence-corrected chi connectivity index (χ3v) is 6.68. The zero-order valence-corrected chi connectivity index (χ0v) is 18.1. The fraction of sp³-hybridized carbons (Fsp3) is 0.0345. The molecule has 0 N–H and O–H groups in total. The average molecular weight is 451 g/mol. The van der Waals surface area contributed by atoms with Gasteiger partial charge in [-0.25, -0.2) is 4.39 Å².